The fourth-order valence-electron chi connectivity index (χ4n) is 0.405. The van der Waals surface area contributed by atoms with Crippen LogP contribution in [0.1, 0.15) is 6.42 Å². The maximum atomic E-state index is 10.3. The van der Waals surface area contributed by atoms with Crippen LogP contribution in [-0.4, -0.2) is 26.1 Å². The average molecular weight is 339 g/mol. The Morgan fingerprint density at radius 3 is 2.30 bits per heavy atom. The molecule has 60 valence electrons. The van der Waals surface area contributed by atoms with Crippen molar-refractivity contribution in [1.82, 2.24) is 0 Å². The lowest BCUT2D eigenvalue weighted by Gasteiger charge is -2.09. The summed E-state index contributed by atoms with van der Waals surface area (Å²) in [6.07, 6.45) is 0.794. The number of carboxylic acid groups (broad SMARTS) is 1. The molecule has 0 heterocycles. The number of alkyl halides is 3. The van der Waals surface area contributed by atoms with Gasteiger partial charge >= 0.3 is 5.97 Å². The molecule has 0 aliphatic carbocycles. The third-order valence-electron chi connectivity index (χ3n) is 0.938. The monoisotopic (exact) mass is 336 g/mol. The van der Waals surface area contributed by atoms with Crippen molar-refractivity contribution < 1.29 is 9.90 Å². The van der Waals surface area contributed by atoms with E-state index in [1.165, 1.54) is 0 Å². The van der Waals surface area contributed by atoms with Crippen LogP contribution in [0.2, 0.25) is 0 Å². The quantitative estimate of drug-likeness (QED) is 0.799. The van der Waals surface area contributed by atoms with Gasteiger partial charge in [0.25, 0.3) is 0 Å². The van der Waals surface area contributed by atoms with Crippen LogP contribution in [0.15, 0.2) is 0 Å². The first-order valence-electron chi connectivity index (χ1n) is 2.66. The molecule has 2 atom stereocenters. The molecule has 2 unspecified atom stereocenters. The summed E-state index contributed by atoms with van der Waals surface area (Å²) < 4.78 is 0. The van der Waals surface area contributed by atoms with Gasteiger partial charge in [-0.05, 0) is 6.42 Å². The molecule has 0 spiro atoms. The van der Waals surface area contributed by atoms with Crippen LogP contribution in [0.25, 0.3) is 0 Å². The first-order chi connectivity index (χ1) is 4.59. The number of halogens is 3. The molecule has 0 aromatic rings. The molecule has 0 aliphatic heterocycles. The van der Waals surface area contributed by atoms with Gasteiger partial charge in [-0.3, -0.25) is 4.79 Å². The first-order valence-corrected chi connectivity index (χ1v) is 5.61. The molecule has 0 fully saturated rings. The number of carboxylic acids is 1. The molecule has 5 heteroatoms. The Kier molecular flexibility index (Phi) is 6.05. The van der Waals surface area contributed by atoms with Crippen LogP contribution in [-0.2, 0) is 4.79 Å². The summed E-state index contributed by atoms with van der Waals surface area (Å²) in [4.78, 5) is 9.82. The second kappa shape index (κ2) is 5.55. The zero-order chi connectivity index (χ0) is 8.15. The minimum absolute atomic E-state index is 0.00984. The molecule has 2 nitrogen and oxygen atoms in total. The minimum atomic E-state index is -0.831. The molecule has 0 radical (unpaired) electrons. The Labute approximate surface area is 84.8 Å². The van der Waals surface area contributed by atoms with E-state index in [0.29, 0.717) is 0 Å². The highest BCUT2D eigenvalue weighted by Crippen LogP contribution is 2.18. The van der Waals surface area contributed by atoms with E-state index in [4.69, 9.17) is 5.11 Å². The topological polar surface area (TPSA) is 37.3 Å². The van der Waals surface area contributed by atoms with Gasteiger partial charge in [0.1, 0.15) is 4.83 Å². The van der Waals surface area contributed by atoms with Crippen molar-refractivity contribution in [3.05, 3.63) is 0 Å². The van der Waals surface area contributed by atoms with Gasteiger partial charge in [0, 0.05) is 10.2 Å². The summed E-state index contributed by atoms with van der Waals surface area (Å²) in [5.41, 5.74) is 0. The lowest BCUT2D eigenvalue weighted by molar-refractivity contribution is -0.136. The maximum absolute atomic E-state index is 10.3. The maximum Gasteiger partial charge on any atom is 0.318 e. The van der Waals surface area contributed by atoms with E-state index in [9.17, 15) is 4.79 Å². The molecule has 0 amide bonds. The summed E-state index contributed by atoms with van der Waals surface area (Å²) in [5, 5.41) is 9.29. The van der Waals surface area contributed by atoms with Crippen molar-refractivity contribution in [2.75, 3.05) is 5.33 Å². The Morgan fingerprint density at radius 1 is 1.50 bits per heavy atom. The fraction of sp³-hybridized carbons (Fsp3) is 0.800. The fourth-order valence-corrected chi connectivity index (χ4v) is 2.23. The van der Waals surface area contributed by atoms with Crippen molar-refractivity contribution in [1.29, 1.82) is 0 Å². The van der Waals surface area contributed by atoms with Gasteiger partial charge in [-0.15, -0.1) is 0 Å². The van der Waals surface area contributed by atoms with Gasteiger partial charge < -0.3 is 5.11 Å². The van der Waals surface area contributed by atoms with Gasteiger partial charge in [0.05, 0.1) is 0 Å². The standard InChI is InChI=1S/C5H7Br3O2/c6-2-1-3(7)4(8)5(9)10/h3-4H,1-2H2,(H,9,10). The van der Waals surface area contributed by atoms with E-state index in [0.717, 1.165) is 11.8 Å². The molecule has 1 N–H and O–H groups in total. The van der Waals surface area contributed by atoms with E-state index < -0.39 is 10.8 Å². The molecule has 10 heavy (non-hydrogen) atoms. The smallest absolute Gasteiger partial charge is 0.318 e. The van der Waals surface area contributed by atoms with Crippen LogP contribution >= 0.6 is 47.8 Å². The van der Waals surface area contributed by atoms with E-state index in [1.807, 2.05) is 0 Å². The van der Waals surface area contributed by atoms with Crippen molar-refractivity contribution in [3.63, 3.8) is 0 Å². The predicted molar refractivity (Wildman–Crippen MR) is 51.5 cm³/mol. The van der Waals surface area contributed by atoms with Crippen molar-refractivity contribution in [2.24, 2.45) is 0 Å². The van der Waals surface area contributed by atoms with Gasteiger partial charge in [0.15, 0.2) is 0 Å². The van der Waals surface area contributed by atoms with Gasteiger partial charge in [-0.1, -0.05) is 47.8 Å². The lowest BCUT2D eigenvalue weighted by Crippen LogP contribution is -2.23. The van der Waals surface area contributed by atoms with Crippen LogP contribution in [0, 0.1) is 0 Å². The lowest BCUT2D eigenvalue weighted by atomic mass is 10.2. The van der Waals surface area contributed by atoms with Gasteiger partial charge in [-0.25, -0.2) is 0 Å². The van der Waals surface area contributed by atoms with Crippen molar-refractivity contribution in [3.8, 4) is 0 Å². The number of rotatable bonds is 4. The van der Waals surface area contributed by atoms with Crippen molar-refractivity contribution >= 4 is 53.8 Å². The second-order valence-electron chi connectivity index (χ2n) is 1.73. The molecule has 0 saturated carbocycles. The summed E-state index contributed by atoms with van der Waals surface area (Å²) >= 11 is 9.51. The number of hydrogen-bond donors (Lipinski definition) is 1. The van der Waals surface area contributed by atoms with Crippen LogP contribution in [0.4, 0.5) is 0 Å². The Morgan fingerprint density at radius 2 is 2.00 bits per heavy atom. The van der Waals surface area contributed by atoms with Crippen LogP contribution in [0.5, 0.6) is 0 Å². The summed E-state index contributed by atoms with van der Waals surface area (Å²) in [6, 6.07) is 0. The Hall–Kier alpha value is 0.910. The largest absolute Gasteiger partial charge is 0.480 e. The van der Waals surface area contributed by atoms with Gasteiger partial charge in [-0.2, -0.15) is 0 Å². The molecule has 0 rings (SSSR count). The summed E-state index contributed by atoms with van der Waals surface area (Å²) in [5.74, 6) is -0.831. The minimum Gasteiger partial charge on any atom is -0.480 e. The molecule has 0 aliphatic rings. The van der Waals surface area contributed by atoms with Crippen LogP contribution in [0.3, 0.4) is 0 Å². The third-order valence-corrected chi connectivity index (χ3v) is 4.12. The van der Waals surface area contributed by atoms with E-state index in [2.05, 4.69) is 47.8 Å². The highest BCUT2D eigenvalue weighted by atomic mass is 79.9. The van der Waals surface area contributed by atoms with Crippen molar-refractivity contribution in [2.45, 2.75) is 16.1 Å². The third kappa shape index (κ3) is 3.93. The zero-order valence-corrected chi connectivity index (χ0v) is 9.82. The number of aliphatic carboxylic acids is 1. The van der Waals surface area contributed by atoms with E-state index in [1.54, 1.807) is 0 Å². The molecular weight excluding hydrogens is 332 g/mol. The van der Waals surface area contributed by atoms with E-state index in [-0.39, 0.29) is 4.83 Å². The predicted octanol–water partition coefficient (Wildman–Crippen LogP) is 2.38. The SMILES string of the molecule is O=C(O)C(Br)C(Br)CCBr. The zero-order valence-electron chi connectivity index (χ0n) is 5.06. The average Bonchev–Trinajstić information content (AvgIpc) is 1.87. The summed E-state index contributed by atoms with van der Waals surface area (Å²) in [6.45, 7) is 0. The summed E-state index contributed by atoms with van der Waals surface area (Å²) in [7, 11) is 0. The second-order valence-corrected chi connectivity index (χ2v) is 4.69. The highest BCUT2D eigenvalue weighted by Gasteiger charge is 2.21. The number of carbonyl (C=O) groups is 1. The Bertz CT molecular complexity index is 117. The molecule has 0 aromatic heterocycles. The molecular formula is C5H7Br3O2. The normalized spacial score (nSPS) is 16.3. The molecule has 0 saturated heterocycles. The Balaban J connectivity index is 3.69. The molecule has 0 aromatic carbocycles. The highest BCUT2D eigenvalue weighted by molar-refractivity contribution is 9.12. The van der Waals surface area contributed by atoms with Gasteiger partial charge in [0.2, 0.25) is 0 Å². The number of hydrogen-bond acceptors (Lipinski definition) is 1. The first kappa shape index (κ1) is 10.9. The van der Waals surface area contributed by atoms with Crippen LogP contribution < -0.4 is 0 Å². The van der Waals surface area contributed by atoms with E-state index >= 15 is 0 Å². The molecule has 0 bridgehead atoms.